The Hall–Kier alpha value is -1.73. The first-order valence-electron chi connectivity index (χ1n) is 6.75. The highest BCUT2D eigenvalue weighted by Crippen LogP contribution is 2.35. The summed E-state index contributed by atoms with van der Waals surface area (Å²) < 4.78 is 11.4. The number of thioether (sulfide) groups is 2. The standard InChI is InChI=1S/C15H15N3O2S2/c1-10(22-15-18-17-13(20-15)9-21-2)14-16-8-12(19-14)11-6-4-3-5-7-11/h3-8,10H,9H2,1-2H3. The van der Waals surface area contributed by atoms with E-state index in [1.807, 2.05) is 43.5 Å². The van der Waals surface area contributed by atoms with Gasteiger partial charge in [0.15, 0.2) is 5.76 Å². The summed E-state index contributed by atoms with van der Waals surface area (Å²) >= 11 is 3.09. The lowest BCUT2D eigenvalue weighted by Crippen LogP contribution is -1.87. The van der Waals surface area contributed by atoms with E-state index in [-0.39, 0.29) is 5.25 Å². The van der Waals surface area contributed by atoms with Crippen LogP contribution in [0.2, 0.25) is 0 Å². The lowest BCUT2D eigenvalue weighted by atomic mass is 10.2. The second-order valence-electron chi connectivity index (χ2n) is 4.58. The lowest BCUT2D eigenvalue weighted by Gasteiger charge is -2.02. The smallest absolute Gasteiger partial charge is 0.277 e. The summed E-state index contributed by atoms with van der Waals surface area (Å²) in [5.41, 5.74) is 1.01. The molecule has 22 heavy (non-hydrogen) atoms. The molecule has 1 aromatic carbocycles. The topological polar surface area (TPSA) is 65.0 Å². The van der Waals surface area contributed by atoms with Crippen molar-refractivity contribution in [3.8, 4) is 11.3 Å². The summed E-state index contributed by atoms with van der Waals surface area (Å²) in [4.78, 5) is 4.35. The van der Waals surface area contributed by atoms with E-state index in [4.69, 9.17) is 8.83 Å². The van der Waals surface area contributed by atoms with Crippen molar-refractivity contribution in [2.75, 3.05) is 6.26 Å². The number of hydrogen-bond acceptors (Lipinski definition) is 7. The van der Waals surface area contributed by atoms with Gasteiger partial charge in [-0.2, -0.15) is 11.8 Å². The normalized spacial score (nSPS) is 12.5. The molecule has 0 N–H and O–H groups in total. The molecule has 0 bridgehead atoms. The van der Waals surface area contributed by atoms with Crippen LogP contribution < -0.4 is 0 Å². The van der Waals surface area contributed by atoms with Crippen molar-refractivity contribution in [1.82, 2.24) is 15.2 Å². The fourth-order valence-electron chi connectivity index (χ4n) is 1.88. The van der Waals surface area contributed by atoms with Gasteiger partial charge in [0, 0.05) is 5.56 Å². The molecule has 0 aliphatic carbocycles. The highest BCUT2D eigenvalue weighted by atomic mass is 32.2. The summed E-state index contributed by atoms with van der Waals surface area (Å²) in [6.45, 7) is 2.00. The molecule has 0 saturated carbocycles. The monoisotopic (exact) mass is 333 g/mol. The fourth-order valence-corrected chi connectivity index (χ4v) is 2.99. The molecule has 2 aromatic heterocycles. The molecule has 0 radical (unpaired) electrons. The van der Waals surface area contributed by atoms with Crippen molar-refractivity contribution in [2.45, 2.75) is 23.1 Å². The quantitative estimate of drug-likeness (QED) is 0.618. The van der Waals surface area contributed by atoms with E-state index >= 15 is 0 Å². The Morgan fingerprint density at radius 2 is 1.95 bits per heavy atom. The van der Waals surface area contributed by atoms with Crippen molar-refractivity contribution in [1.29, 1.82) is 0 Å². The zero-order valence-corrected chi connectivity index (χ0v) is 13.9. The number of benzene rings is 1. The minimum Gasteiger partial charge on any atom is -0.440 e. The summed E-state index contributed by atoms with van der Waals surface area (Å²) in [6.07, 6.45) is 3.74. The molecule has 0 aliphatic heterocycles. The summed E-state index contributed by atoms with van der Waals surface area (Å²) in [6, 6.07) is 9.91. The van der Waals surface area contributed by atoms with E-state index in [0.29, 0.717) is 17.0 Å². The molecule has 3 aromatic rings. The first-order chi connectivity index (χ1) is 10.8. The zero-order chi connectivity index (χ0) is 15.4. The Morgan fingerprint density at radius 1 is 1.14 bits per heavy atom. The van der Waals surface area contributed by atoms with Crippen LogP contribution in [-0.2, 0) is 5.75 Å². The number of oxazole rings is 1. The highest BCUT2D eigenvalue weighted by Gasteiger charge is 2.18. The Bertz CT molecular complexity index is 727. The van der Waals surface area contributed by atoms with Gasteiger partial charge >= 0.3 is 0 Å². The SMILES string of the molecule is CSCc1nnc(SC(C)c2ncc(-c3ccccc3)o2)o1. The number of aromatic nitrogens is 3. The molecule has 3 rings (SSSR count). The second-order valence-corrected chi connectivity index (χ2v) is 6.74. The molecule has 5 nitrogen and oxygen atoms in total. The van der Waals surface area contributed by atoms with Crippen molar-refractivity contribution < 1.29 is 8.83 Å². The third-order valence-corrected chi connectivity index (χ3v) is 4.38. The molecule has 1 unspecified atom stereocenters. The van der Waals surface area contributed by atoms with Crippen LogP contribution >= 0.6 is 23.5 Å². The van der Waals surface area contributed by atoms with E-state index in [0.717, 1.165) is 17.1 Å². The summed E-state index contributed by atoms with van der Waals surface area (Å²) in [7, 11) is 0. The first kappa shape index (κ1) is 15.2. The number of nitrogens with zero attached hydrogens (tertiary/aromatic N) is 3. The van der Waals surface area contributed by atoms with Crippen molar-refractivity contribution in [3.05, 3.63) is 48.3 Å². The molecule has 7 heteroatoms. The predicted molar refractivity (Wildman–Crippen MR) is 87.7 cm³/mol. The molecule has 0 amide bonds. The number of hydrogen-bond donors (Lipinski definition) is 0. The minimum absolute atomic E-state index is 0.0000387. The van der Waals surface area contributed by atoms with Crippen LogP contribution in [0.3, 0.4) is 0 Å². The van der Waals surface area contributed by atoms with Crippen LogP contribution in [-0.4, -0.2) is 21.4 Å². The third-order valence-electron chi connectivity index (χ3n) is 2.92. The van der Waals surface area contributed by atoms with E-state index in [1.165, 1.54) is 11.8 Å². The first-order valence-corrected chi connectivity index (χ1v) is 9.02. The van der Waals surface area contributed by atoms with Gasteiger partial charge in [0.25, 0.3) is 5.22 Å². The molecular weight excluding hydrogens is 318 g/mol. The van der Waals surface area contributed by atoms with E-state index in [1.54, 1.807) is 18.0 Å². The average Bonchev–Trinajstić information content (AvgIpc) is 3.18. The second kappa shape index (κ2) is 7.02. The van der Waals surface area contributed by atoms with Gasteiger partial charge in [0.05, 0.1) is 17.2 Å². The molecule has 114 valence electrons. The van der Waals surface area contributed by atoms with Gasteiger partial charge in [-0.15, -0.1) is 10.2 Å². The van der Waals surface area contributed by atoms with Gasteiger partial charge in [0.1, 0.15) is 0 Å². The predicted octanol–water partition coefficient (Wildman–Crippen LogP) is 4.44. The minimum atomic E-state index is 0.0000387. The summed E-state index contributed by atoms with van der Waals surface area (Å²) in [5.74, 6) is 2.77. The maximum atomic E-state index is 5.83. The molecule has 1 atom stereocenters. The van der Waals surface area contributed by atoms with Crippen LogP contribution in [0.15, 0.2) is 50.6 Å². The largest absolute Gasteiger partial charge is 0.440 e. The Morgan fingerprint density at radius 3 is 2.73 bits per heavy atom. The van der Waals surface area contributed by atoms with Crippen LogP contribution in [0.1, 0.15) is 24.0 Å². The van der Waals surface area contributed by atoms with Crippen LogP contribution in [0.5, 0.6) is 0 Å². The van der Waals surface area contributed by atoms with Crippen molar-refractivity contribution in [2.24, 2.45) is 0 Å². The van der Waals surface area contributed by atoms with E-state index in [2.05, 4.69) is 15.2 Å². The van der Waals surface area contributed by atoms with Crippen molar-refractivity contribution in [3.63, 3.8) is 0 Å². The van der Waals surface area contributed by atoms with E-state index < -0.39 is 0 Å². The Labute approximate surface area is 136 Å². The molecular formula is C15H15N3O2S2. The van der Waals surface area contributed by atoms with Crippen LogP contribution in [0.25, 0.3) is 11.3 Å². The number of rotatable bonds is 6. The Balaban J connectivity index is 1.70. The van der Waals surface area contributed by atoms with Gasteiger partial charge in [-0.25, -0.2) is 4.98 Å². The van der Waals surface area contributed by atoms with Gasteiger partial charge in [-0.1, -0.05) is 42.1 Å². The van der Waals surface area contributed by atoms with Crippen molar-refractivity contribution >= 4 is 23.5 Å². The molecule has 0 aliphatic rings. The average molecular weight is 333 g/mol. The third kappa shape index (κ3) is 3.53. The maximum absolute atomic E-state index is 5.83. The fraction of sp³-hybridized carbons (Fsp3) is 0.267. The highest BCUT2D eigenvalue weighted by molar-refractivity contribution is 7.99. The van der Waals surface area contributed by atoms with Crippen LogP contribution in [0.4, 0.5) is 0 Å². The van der Waals surface area contributed by atoms with Gasteiger partial charge in [-0.3, -0.25) is 0 Å². The van der Waals surface area contributed by atoms with E-state index in [9.17, 15) is 0 Å². The molecule has 0 fully saturated rings. The summed E-state index contributed by atoms with van der Waals surface area (Å²) in [5, 5.41) is 8.56. The van der Waals surface area contributed by atoms with Gasteiger partial charge < -0.3 is 8.83 Å². The molecule has 2 heterocycles. The Kier molecular flexibility index (Phi) is 4.84. The molecule has 0 spiro atoms. The zero-order valence-electron chi connectivity index (χ0n) is 12.2. The van der Waals surface area contributed by atoms with Gasteiger partial charge in [-0.05, 0) is 13.2 Å². The lowest BCUT2D eigenvalue weighted by molar-refractivity contribution is 0.424. The van der Waals surface area contributed by atoms with Gasteiger partial charge in [0.2, 0.25) is 11.8 Å². The molecule has 0 saturated heterocycles. The maximum Gasteiger partial charge on any atom is 0.277 e. The van der Waals surface area contributed by atoms with Crippen LogP contribution in [0, 0.1) is 0 Å².